The molecule has 138 valence electrons. The molecule has 0 aromatic carbocycles. The third-order valence-electron chi connectivity index (χ3n) is 5.23. The monoisotopic (exact) mass is 373 g/mol. The molecular weight excluding hydrogens is 350 g/mol. The predicted molar refractivity (Wildman–Crippen MR) is 100 cm³/mol. The second-order valence-corrected chi connectivity index (χ2v) is 7.98. The average Bonchev–Trinajstić information content (AvgIpc) is 3.24. The molecule has 8 nitrogen and oxygen atoms in total. The molecule has 0 bridgehead atoms. The number of fused-ring (bicyclic) bond motifs is 1. The van der Waals surface area contributed by atoms with Crippen molar-refractivity contribution in [2.45, 2.75) is 33.2 Å². The van der Waals surface area contributed by atoms with E-state index >= 15 is 0 Å². The number of aromatic nitrogens is 5. The van der Waals surface area contributed by atoms with Crippen LogP contribution in [0.3, 0.4) is 0 Å². The van der Waals surface area contributed by atoms with Crippen molar-refractivity contribution >= 4 is 27.3 Å². The number of hydrogen-bond donors (Lipinski definition) is 1. The predicted octanol–water partition coefficient (Wildman–Crippen LogP) is 2.08. The van der Waals surface area contributed by atoms with E-state index in [0.717, 1.165) is 32.7 Å². The largest absolute Gasteiger partial charge is 0.360 e. The number of hydrogen-bond acceptors (Lipinski definition) is 6. The van der Waals surface area contributed by atoms with E-state index in [2.05, 4.69) is 27.4 Å². The Balaban J connectivity index is 1.57. The summed E-state index contributed by atoms with van der Waals surface area (Å²) in [5.74, 6) is 0.348. The van der Waals surface area contributed by atoms with Crippen LogP contribution in [0.1, 0.15) is 35.1 Å². The highest BCUT2D eigenvalue weighted by molar-refractivity contribution is 7.20. The number of anilines is 1. The fourth-order valence-electron chi connectivity index (χ4n) is 3.88. The quantitative estimate of drug-likeness (QED) is 0.757. The van der Waals surface area contributed by atoms with E-state index in [1.807, 2.05) is 43.7 Å². The maximum atomic E-state index is 12.4. The maximum absolute atomic E-state index is 12.4. The number of carbonyl (C=O) groups excluding carboxylic acids is 1. The molecule has 0 radical (unpaired) electrons. The van der Waals surface area contributed by atoms with E-state index in [1.165, 1.54) is 11.3 Å². The van der Waals surface area contributed by atoms with E-state index in [-0.39, 0.29) is 17.9 Å². The van der Waals surface area contributed by atoms with Crippen molar-refractivity contribution in [3.05, 3.63) is 28.8 Å². The van der Waals surface area contributed by atoms with Crippen LogP contribution in [0.4, 0.5) is 5.13 Å². The van der Waals surface area contributed by atoms with Gasteiger partial charge in [-0.25, -0.2) is 9.50 Å². The van der Waals surface area contributed by atoms with E-state index in [4.69, 9.17) is 0 Å². The fraction of sp³-hybridized carbons (Fsp3) is 0.529. The Morgan fingerprint density at radius 3 is 2.69 bits per heavy atom. The van der Waals surface area contributed by atoms with Crippen LogP contribution < -0.4 is 5.32 Å². The van der Waals surface area contributed by atoms with Gasteiger partial charge in [-0.15, -0.1) is 5.10 Å². The third-order valence-corrected chi connectivity index (χ3v) is 6.11. The molecule has 1 fully saturated rings. The van der Waals surface area contributed by atoms with E-state index in [1.54, 1.807) is 4.52 Å². The lowest BCUT2D eigenvalue weighted by molar-refractivity contribution is -0.127. The highest BCUT2D eigenvalue weighted by atomic mass is 32.1. The topological polar surface area (TPSA) is 80.4 Å². The number of aryl methyl sites for hydroxylation is 3. The molecule has 1 aliphatic rings. The van der Waals surface area contributed by atoms with Gasteiger partial charge in [0.2, 0.25) is 16.0 Å². The minimum atomic E-state index is 0.0370. The zero-order valence-corrected chi connectivity index (χ0v) is 16.5. The summed E-state index contributed by atoms with van der Waals surface area (Å²) in [5.41, 5.74) is 4.23. The van der Waals surface area contributed by atoms with Crippen molar-refractivity contribution in [3.63, 3.8) is 0 Å². The van der Waals surface area contributed by atoms with Gasteiger partial charge in [0.15, 0.2) is 0 Å². The molecule has 9 heteroatoms. The van der Waals surface area contributed by atoms with Gasteiger partial charge in [0.05, 0.1) is 23.6 Å². The second kappa shape index (κ2) is 6.08. The Morgan fingerprint density at radius 1 is 1.27 bits per heavy atom. The van der Waals surface area contributed by atoms with Crippen LogP contribution in [0.15, 0.2) is 6.20 Å². The third kappa shape index (κ3) is 2.66. The first-order chi connectivity index (χ1) is 12.3. The van der Waals surface area contributed by atoms with Crippen molar-refractivity contribution in [1.82, 2.24) is 29.3 Å². The molecule has 3 aromatic heterocycles. The van der Waals surface area contributed by atoms with Gasteiger partial charge in [-0.3, -0.25) is 9.48 Å². The van der Waals surface area contributed by atoms with Crippen LogP contribution in [-0.4, -0.2) is 48.8 Å². The summed E-state index contributed by atoms with van der Waals surface area (Å²) >= 11 is 1.53. The van der Waals surface area contributed by atoms with Gasteiger partial charge >= 0.3 is 0 Å². The minimum Gasteiger partial charge on any atom is -0.360 e. The Morgan fingerprint density at radius 2 is 2.04 bits per heavy atom. The van der Waals surface area contributed by atoms with Crippen molar-refractivity contribution in [2.75, 3.05) is 18.9 Å². The number of rotatable bonds is 4. The maximum Gasteiger partial charge on any atom is 0.223 e. The van der Waals surface area contributed by atoms with Crippen LogP contribution in [0, 0.1) is 26.7 Å². The van der Waals surface area contributed by atoms with Crippen molar-refractivity contribution in [2.24, 2.45) is 13.0 Å². The number of carbonyl (C=O) groups is 1. The summed E-state index contributed by atoms with van der Waals surface area (Å²) in [6.07, 6.45) is 2.44. The summed E-state index contributed by atoms with van der Waals surface area (Å²) < 4.78 is 3.69. The molecule has 1 saturated heterocycles. The summed E-state index contributed by atoms with van der Waals surface area (Å²) in [6.45, 7) is 6.72. The highest BCUT2D eigenvalue weighted by Crippen LogP contribution is 2.39. The van der Waals surface area contributed by atoms with Crippen LogP contribution >= 0.6 is 11.3 Å². The van der Waals surface area contributed by atoms with Crippen molar-refractivity contribution in [3.8, 4) is 0 Å². The Labute approximate surface area is 155 Å². The summed E-state index contributed by atoms with van der Waals surface area (Å²) in [4.78, 5) is 19.6. The van der Waals surface area contributed by atoms with E-state index in [9.17, 15) is 4.79 Å². The zero-order chi connectivity index (χ0) is 18.6. The molecule has 2 atom stereocenters. The molecular formula is C17H23N7OS. The Bertz CT molecular complexity index is 953. The molecule has 0 aliphatic carbocycles. The van der Waals surface area contributed by atoms with Gasteiger partial charge < -0.3 is 10.2 Å². The molecule has 0 spiro atoms. The smallest absolute Gasteiger partial charge is 0.223 e. The standard InChI is InChI=1S/C17H23N7OS/c1-9-8-24-17(19-9)26-16(21-24)18-7-12-6-13(25)22(4)15(12)14-10(2)20-23(5)11(14)3/h8,12,15H,6-7H2,1-5H3,(H,18,21)/t12-,15+/m0/s1. The summed E-state index contributed by atoms with van der Waals surface area (Å²) in [6, 6.07) is 0.0370. The molecule has 0 saturated carbocycles. The van der Waals surface area contributed by atoms with Gasteiger partial charge in [-0.2, -0.15) is 5.10 Å². The first-order valence-electron chi connectivity index (χ1n) is 8.67. The molecule has 4 heterocycles. The van der Waals surface area contributed by atoms with Gasteiger partial charge in [0, 0.05) is 44.2 Å². The lowest BCUT2D eigenvalue weighted by atomic mass is 9.92. The molecule has 0 unspecified atom stereocenters. The first-order valence-corrected chi connectivity index (χ1v) is 9.49. The Kier molecular flexibility index (Phi) is 3.98. The number of amides is 1. The van der Waals surface area contributed by atoms with Crippen molar-refractivity contribution in [1.29, 1.82) is 0 Å². The molecule has 4 rings (SSSR count). The van der Waals surface area contributed by atoms with Gasteiger partial charge in [0.1, 0.15) is 0 Å². The van der Waals surface area contributed by atoms with Gasteiger partial charge in [0.25, 0.3) is 0 Å². The molecule has 1 aliphatic heterocycles. The Hall–Kier alpha value is -2.42. The normalized spacial score (nSPS) is 20.5. The summed E-state index contributed by atoms with van der Waals surface area (Å²) in [7, 11) is 3.84. The van der Waals surface area contributed by atoms with Crippen LogP contribution in [0.2, 0.25) is 0 Å². The van der Waals surface area contributed by atoms with E-state index in [0.29, 0.717) is 13.0 Å². The van der Waals surface area contributed by atoms with Crippen molar-refractivity contribution < 1.29 is 4.79 Å². The van der Waals surface area contributed by atoms with Crippen LogP contribution in [0.25, 0.3) is 4.96 Å². The number of nitrogens with one attached hydrogen (secondary N) is 1. The van der Waals surface area contributed by atoms with Crippen LogP contribution in [0.5, 0.6) is 0 Å². The lowest BCUT2D eigenvalue weighted by Gasteiger charge is -2.26. The summed E-state index contributed by atoms with van der Waals surface area (Å²) in [5, 5.41) is 13.3. The SMILES string of the molecule is Cc1cn2nc(NC[C@@H]3CC(=O)N(C)[C@H]3c3c(C)nn(C)c3C)sc2n1. The first kappa shape index (κ1) is 17.0. The molecule has 3 aromatic rings. The van der Waals surface area contributed by atoms with Gasteiger partial charge in [-0.1, -0.05) is 11.3 Å². The average molecular weight is 373 g/mol. The molecule has 1 amide bonds. The van der Waals surface area contributed by atoms with E-state index < -0.39 is 0 Å². The zero-order valence-electron chi connectivity index (χ0n) is 15.6. The number of imidazole rings is 1. The highest BCUT2D eigenvalue weighted by Gasteiger charge is 2.40. The van der Waals surface area contributed by atoms with Gasteiger partial charge in [-0.05, 0) is 20.8 Å². The second-order valence-electron chi connectivity index (χ2n) is 7.02. The van der Waals surface area contributed by atoms with Crippen LogP contribution in [-0.2, 0) is 11.8 Å². The minimum absolute atomic E-state index is 0.0370. The number of likely N-dealkylation sites (tertiary alicyclic amines) is 1. The molecule has 26 heavy (non-hydrogen) atoms. The molecule has 1 N–H and O–H groups in total. The number of nitrogens with zero attached hydrogens (tertiary/aromatic N) is 6. The lowest BCUT2D eigenvalue weighted by Crippen LogP contribution is -2.27. The fourth-order valence-corrected chi connectivity index (χ4v) is 4.72.